The van der Waals surface area contributed by atoms with E-state index in [1.165, 1.54) is 0 Å². The van der Waals surface area contributed by atoms with Crippen LogP contribution in [0.15, 0.2) is 43.0 Å². The number of hydrogen-bond acceptors (Lipinski definition) is 4. The van der Waals surface area contributed by atoms with E-state index in [0.717, 1.165) is 0 Å². The molecular formula is C15H17NO4. The second-order valence-corrected chi connectivity index (χ2v) is 4.61. The van der Waals surface area contributed by atoms with Gasteiger partial charge in [-0.1, -0.05) is 24.3 Å². The Morgan fingerprint density at radius 2 is 2.20 bits per heavy atom. The summed E-state index contributed by atoms with van der Waals surface area (Å²) < 4.78 is 10.5. The Kier molecular flexibility index (Phi) is 4.40. The van der Waals surface area contributed by atoms with E-state index in [1.54, 1.807) is 37.3 Å². The molecule has 0 radical (unpaired) electrons. The van der Waals surface area contributed by atoms with Crippen LogP contribution in [0.25, 0.3) is 0 Å². The summed E-state index contributed by atoms with van der Waals surface area (Å²) in [5, 5.41) is 2.66. The van der Waals surface area contributed by atoms with E-state index in [9.17, 15) is 9.59 Å². The Balaban J connectivity index is 2.00. The first-order chi connectivity index (χ1) is 9.61. The number of rotatable bonds is 5. The minimum atomic E-state index is -0.496. The molecule has 0 aromatic heterocycles. The number of carbonyl (C=O) groups excluding carboxylic acids is 2. The number of amides is 1. The largest absolute Gasteiger partial charge is 0.457 e. The van der Waals surface area contributed by atoms with E-state index in [4.69, 9.17) is 9.47 Å². The normalized spacial score (nSPS) is 22.6. The van der Waals surface area contributed by atoms with Crippen molar-refractivity contribution in [1.82, 2.24) is 5.32 Å². The zero-order valence-corrected chi connectivity index (χ0v) is 11.2. The maximum atomic E-state index is 12.0. The van der Waals surface area contributed by atoms with Crippen molar-refractivity contribution in [2.24, 2.45) is 0 Å². The lowest BCUT2D eigenvalue weighted by Gasteiger charge is -2.22. The fraction of sp³-hybridized carbons (Fsp3) is 0.333. The minimum Gasteiger partial charge on any atom is -0.457 e. The lowest BCUT2D eigenvalue weighted by Crippen LogP contribution is -2.43. The van der Waals surface area contributed by atoms with Crippen LogP contribution in [0.3, 0.4) is 0 Å². The summed E-state index contributed by atoms with van der Waals surface area (Å²) in [6.07, 6.45) is 0.836. The van der Waals surface area contributed by atoms with Crippen molar-refractivity contribution in [2.45, 2.75) is 31.6 Å². The maximum Gasteiger partial charge on any atom is 0.407 e. The van der Waals surface area contributed by atoms with Gasteiger partial charge in [-0.2, -0.15) is 0 Å². The third-order valence-corrected chi connectivity index (χ3v) is 3.15. The summed E-state index contributed by atoms with van der Waals surface area (Å²) in [4.78, 5) is 23.3. The van der Waals surface area contributed by atoms with Crippen LogP contribution < -0.4 is 5.32 Å². The molecule has 1 N–H and O–H groups in total. The van der Waals surface area contributed by atoms with Gasteiger partial charge in [0.05, 0.1) is 5.56 Å². The van der Waals surface area contributed by atoms with Gasteiger partial charge in [-0.05, 0) is 19.1 Å². The first-order valence-corrected chi connectivity index (χ1v) is 6.46. The Morgan fingerprint density at radius 1 is 1.50 bits per heavy atom. The highest BCUT2D eigenvalue weighted by Gasteiger charge is 2.38. The summed E-state index contributed by atoms with van der Waals surface area (Å²) in [6.45, 7) is 5.36. The molecule has 0 aliphatic carbocycles. The van der Waals surface area contributed by atoms with Crippen LogP contribution in [0.5, 0.6) is 0 Å². The van der Waals surface area contributed by atoms with Gasteiger partial charge in [0.25, 0.3) is 0 Å². The molecule has 1 aromatic rings. The second-order valence-electron chi connectivity index (χ2n) is 4.61. The first-order valence-electron chi connectivity index (χ1n) is 6.46. The number of alkyl carbamates (subject to hydrolysis) is 1. The standard InChI is InChI=1S/C15H17NO4/c1-3-7-12-13(16-15(18)20-12)10(2)19-14(17)11-8-5-4-6-9-11/h3-6,8-10,12-13H,1,7H2,2H3,(H,16,18)/t10-,12+,13-/m1/s1. The highest BCUT2D eigenvalue weighted by molar-refractivity contribution is 5.89. The molecule has 3 atom stereocenters. The van der Waals surface area contributed by atoms with Crippen molar-refractivity contribution in [1.29, 1.82) is 0 Å². The van der Waals surface area contributed by atoms with Crippen LogP contribution in [0.2, 0.25) is 0 Å². The molecule has 0 bridgehead atoms. The zero-order valence-electron chi connectivity index (χ0n) is 11.2. The number of ether oxygens (including phenoxy) is 2. The molecule has 20 heavy (non-hydrogen) atoms. The van der Waals surface area contributed by atoms with Gasteiger partial charge in [-0.3, -0.25) is 0 Å². The van der Waals surface area contributed by atoms with E-state index in [2.05, 4.69) is 11.9 Å². The quantitative estimate of drug-likeness (QED) is 0.661. The smallest absolute Gasteiger partial charge is 0.407 e. The number of esters is 1. The zero-order chi connectivity index (χ0) is 14.5. The summed E-state index contributed by atoms with van der Waals surface area (Å²) in [5.74, 6) is -0.420. The van der Waals surface area contributed by atoms with Gasteiger partial charge in [0.15, 0.2) is 0 Å². The summed E-state index contributed by atoms with van der Waals surface area (Å²) in [5.41, 5.74) is 0.477. The van der Waals surface area contributed by atoms with E-state index >= 15 is 0 Å². The molecule has 0 saturated carbocycles. The van der Waals surface area contributed by atoms with Gasteiger partial charge in [0.1, 0.15) is 18.2 Å². The highest BCUT2D eigenvalue weighted by Crippen LogP contribution is 2.18. The van der Waals surface area contributed by atoms with Crippen molar-refractivity contribution in [3.8, 4) is 0 Å². The molecule has 5 nitrogen and oxygen atoms in total. The molecule has 2 rings (SSSR count). The molecule has 1 saturated heterocycles. The van der Waals surface area contributed by atoms with Crippen molar-refractivity contribution < 1.29 is 19.1 Å². The van der Waals surface area contributed by atoms with Crippen LogP contribution >= 0.6 is 0 Å². The molecule has 1 aliphatic heterocycles. The molecule has 5 heteroatoms. The Labute approximate surface area is 117 Å². The van der Waals surface area contributed by atoms with Gasteiger partial charge >= 0.3 is 12.1 Å². The molecule has 1 aliphatic rings. The van der Waals surface area contributed by atoms with Crippen LogP contribution in [-0.2, 0) is 9.47 Å². The molecule has 1 fully saturated rings. The third-order valence-electron chi connectivity index (χ3n) is 3.15. The molecule has 0 spiro atoms. The maximum absolute atomic E-state index is 12.0. The fourth-order valence-corrected chi connectivity index (χ4v) is 2.14. The highest BCUT2D eigenvalue weighted by atomic mass is 16.6. The number of hydrogen-bond donors (Lipinski definition) is 1. The van der Waals surface area contributed by atoms with E-state index in [0.29, 0.717) is 12.0 Å². The van der Waals surface area contributed by atoms with Crippen LogP contribution in [-0.4, -0.2) is 30.3 Å². The molecular weight excluding hydrogens is 258 g/mol. The molecule has 1 amide bonds. The van der Waals surface area contributed by atoms with Gasteiger partial charge in [0, 0.05) is 6.42 Å². The molecule has 1 aromatic carbocycles. The first kappa shape index (κ1) is 14.1. The summed E-state index contributed by atoms with van der Waals surface area (Å²) >= 11 is 0. The second kappa shape index (κ2) is 6.23. The molecule has 1 heterocycles. The average molecular weight is 275 g/mol. The molecule has 106 valence electrons. The lowest BCUT2D eigenvalue weighted by molar-refractivity contribution is 0.0187. The Hall–Kier alpha value is -2.30. The van der Waals surface area contributed by atoms with E-state index in [-0.39, 0.29) is 12.1 Å². The van der Waals surface area contributed by atoms with Crippen LogP contribution in [0.1, 0.15) is 23.7 Å². The SMILES string of the molecule is C=CC[C@@H]1OC(=O)N[C@@H]1[C@@H](C)OC(=O)c1ccccc1. The Bertz CT molecular complexity index is 500. The number of cyclic esters (lactones) is 1. The van der Waals surface area contributed by atoms with Gasteiger partial charge in [0.2, 0.25) is 0 Å². The van der Waals surface area contributed by atoms with Crippen molar-refractivity contribution in [2.75, 3.05) is 0 Å². The predicted octanol–water partition coefficient (Wildman–Crippen LogP) is 2.29. The van der Waals surface area contributed by atoms with Gasteiger partial charge in [-0.15, -0.1) is 6.58 Å². The van der Waals surface area contributed by atoms with Crippen LogP contribution in [0.4, 0.5) is 4.79 Å². The van der Waals surface area contributed by atoms with Gasteiger partial charge in [-0.25, -0.2) is 9.59 Å². The van der Waals surface area contributed by atoms with Crippen molar-refractivity contribution in [3.63, 3.8) is 0 Å². The topological polar surface area (TPSA) is 64.6 Å². The van der Waals surface area contributed by atoms with E-state index in [1.807, 2.05) is 6.07 Å². The summed E-state index contributed by atoms with van der Waals surface area (Å²) in [6, 6.07) is 8.35. The minimum absolute atomic E-state index is 0.362. The van der Waals surface area contributed by atoms with Crippen molar-refractivity contribution in [3.05, 3.63) is 48.6 Å². The lowest BCUT2D eigenvalue weighted by atomic mass is 10.0. The average Bonchev–Trinajstić information content (AvgIpc) is 2.81. The third kappa shape index (κ3) is 3.17. The predicted molar refractivity (Wildman–Crippen MR) is 73.3 cm³/mol. The van der Waals surface area contributed by atoms with Crippen molar-refractivity contribution >= 4 is 12.1 Å². The Morgan fingerprint density at radius 3 is 2.85 bits per heavy atom. The molecule has 0 unspecified atom stereocenters. The monoisotopic (exact) mass is 275 g/mol. The van der Waals surface area contributed by atoms with Gasteiger partial charge < -0.3 is 14.8 Å². The number of benzene rings is 1. The van der Waals surface area contributed by atoms with Crippen LogP contribution in [0, 0.1) is 0 Å². The summed E-state index contributed by atoms with van der Waals surface area (Å²) in [7, 11) is 0. The van der Waals surface area contributed by atoms with E-state index < -0.39 is 18.2 Å². The fourth-order valence-electron chi connectivity index (χ4n) is 2.14. The number of carbonyl (C=O) groups is 2. The number of nitrogens with one attached hydrogen (secondary N) is 1.